The molecule has 66 valence electrons. The molecule has 0 amide bonds. The highest BCUT2D eigenvalue weighted by atomic mass is 32.1. The zero-order chi connectivity index (χ0) is 9.19. The lowest BCUT2D eigenvalue weighted by atomic mass is 9.95. The molecule has 1 atom stereocenters. The Morgan fingerprint density at radius 2 is 2.42 bits per heavy atom. The van der Waals surface area contributed by atoms with E-state index in [0.717, 1.165) is 6.42 Å². The van der Waals surface area contributed by atoms with Crippen molar-refractivity contribution in [1.29, 1.82) is 0 Å². The molecule has 0 aliphatic rings. The smallest absolute Gasteiger partial charge is 0.0512 e. The third kappa shape index (κ3) is 1.76. The Bertz CT molecular complexity index is 273. The molecule has 1 aromatic rings. The second-order valence-electron chi connectivity index (χ2n) is 3.34. The quantitative estimate of drug-likeness (QED) is 0.713. The summed E-state index contributed by atoms with van der Waals surface area (Å²) in [5.74, 6) is 0. The van der Waals surface area contributed by atoms with Gasteiger partial charge in [-0.05, 0) is 37.3 Å². The van der Waals surface area contributed by atoms with Gasteiger partial charge in [-0.25, -0.2) is 0 Å². The number of rotatable bonds is 3. The maximum absolute atomic E-state index is 6.13. The highest BCUT2D eigenvalue weighted by molar-refractivity contribution is 7.10. The highest BCUT2D eigenvalue weighted by Crippen LogP contribution is 2.29. The topological polar surface area (TPSA) is 26.0 Å². The van der Waals surface area contributed by atoms with E-state index in [-0.39, 0.29) is 5.54 Å². The zero-order valence-corrected chi connectivity index (χ0v) is 8.45. The summed E-state index contributed by atoms with van der Waals surface area (Å²) in [6, 6.07) is 2.11. The van der Waals surface area contributed by atoms with Gasteiger partial charge in [0, 0.05) is 4.88 Å². The fraction of sp³-hybridized carbons (Fsp3) is 0.400. The average Bonchev–Trinajstić information content (AvgIpc) is 2.35. The van der Waals surface area contributed by atoms with Gasteiger partial charge in [-0.2, -0.15) is 0 Å². The Morgan fingerprint density at radius 3 is 2.83 bits per heavy atom. The predicted octanol–water partition coefficient (Wildman–Crippen LogP) is 2.81. The summed E-state index contributed by atoms with van der Waals surface area (Å²) in [6.45, 7) is 7.86. The first-order valence-corrected chi connectivity index (χ1v) is 4.90. The van der Waals surface area contributed by atoms with E-state index in [1.54, 1.807) is 11.3 Å². The van der Waals surface area contributed by atoms with Crippen molar-refractivity contribution in [3.05, 3.63) is 34.5 Å². The monoisotopic (exact) mass is 181 g/mol. The highest BCUT2D eigenvalue weighted by Gasteiger charge is 2.22. The van der Waals surface area contributed by atoms with Gasteiger partial charge in [0.1, 0.15) is 0 Å². The maximum Gasteiger partial charge on any atom is 0.0512 e. The Hall–Kier alpha value is -0.600. The van der Waals surface area contributed by atoms with Gasteiger partial charge >= 0.3 is 0 Å². The van der Waals surface area contributed by atoms with Gasteiger partial charge in [0.05, 0.1) is 5.54 Å². The van der Waals surface area contributed by atoms with Crippen molar-refractivity contribution in [2.75, 3.05) is 0 Å². The number of hydrogen-bond donors (Lipinski definition) is 1. The van der Waals surface area contributed by atoms with Gasteiger partial charge in [0.2, 0.25) is 0 Å². The summed E-state index contributed by atoms with van der Waals surface area (Å²) in [6.07, 6.45) is 2.70. The first kappa shape index (κ1) is 9.49. The molecule has 1 heterocycles. The largest absolute Gasteiger partial charge is 0.321 e. The molecule has 1 nitrogen and oxygen atoms in total. The van der Waals surface area contributed by atoms with Crippen molar-refractivity contribution in [1.82, 2.24) is 0 Å². The molecular formula is C10H15NS. The van der Waals surface area contributed by atoms with Gasteiger partial charge in [-0.15, -0.1) is 17.9 Å². The van der Waals surface area contributed by atoms with Crippen LogP contribution in [0.25, 0.3) is 0 Å². The number of aryl methyl sites for hydroxylation is 1. The van der Waals surface area contributed by atoms with E-state index in [0.29, 0.717) is 0 Å². The van der Waals surface area contributed by atoms with E-state index in [1.165, 1.54) is 10.4 Å². The van der Waals surface area contributed by atoms with E-state index in [4.69, 9.17) is 5.73 Å². The molecule has 0 aliphatic heterocycles. The minimum absolute atomic E-state index is 0.236. The summed E-state index contributed by atoms with van der Waals surface area (Å²) in [4.78, 5) is 1.27. The third-order valence-corrected chi connectivity index (χ3v) is 3.25. The zero-order valence-electron chi connectivity index (χ0n) is 7.63. The standard InChI is InChI=1S/C10H15NS/c1-4-6-10(3,11)9-8(2)5-7-12-9/h4-5,7H,1,6,11H2,2-3H3/t10-/m1/s1. The molecule has 0 aliphatic carbocycles. The number of thiophene rings is 1. The predicted molar refractivity (Wildman–Crippen MR) is 55.4 cm³/mol. The Morgan fingerprint density at radius 1 is 1.75 bits per heavy atom. The van der Waals surface area contributed by atoms with E-state index in [9.17, 15) is 0 Å². The molecule has 0 bridgehead atoms. The molecule has 2 heteroatoms. The van der Waals surface area contributed by atoms with Crippen molar-refractivity contribution in [3.63, 3.8) is 0 Å². The van der Waals surface area contributed by atoms with E-state index >= 15 is 0 Å². The van der Waals surface area contributed by atoms with Crippen LogP contribution in [-0.4, -0.2) is 0 Å². The fourth-order valence-electron chi connectivity index (χ4n) is 1.35. The summed E-state index contributed by atoms with van der Waals surface area (Å²) < 4.78 is 0. The molecule has 0 aromatic carbocycles. The lowest BCUT2D eigenvalue weighted by Crippen LogP contribution is -2.31. The van der Waals surface area contributed by atoms with Crippen molar-refractivity contribution >= 4 is 11.3 Å². The van der Waals surface area contributed by atoms with Gasteiger partial charge in [0.15, 0.2) is 0 Å². The van der Waals surface area contributed by atoms with Gasteiger partial charge in [-0.3, -0.25) is 0 Å². The molecule has 1 aromatic heterocycles. The fourth-order valence-corrected chi connectivity index (χ4v) is 2.37. The SMILES string of the molecule is C=CC[C@@](C)(N)c1sccc1C. The normalized spacial score (nSPS) is 15.6. The average molecular weight is 181 g/mol. The van der Waals surface area contributed by atoms with Crippen LogP contribution in [0, 0.1) is 6.92 Å². The van der Waals surface area contributed by atoms with E-state index in [1.807, 2.05) is 13.0 Å². The van der Waals surface area contributed by atoms with Crippen LogP contribution >= 0.6 is 11.3 Å². The minimum Gasteiger partial charge on any atom is -0.321 e. The molecule has 12 heavy (non-hydrogen) atoms. The molecule has 0 radical (unpaired) electrons. The summed E-state index contributed by atoms with van der Waals surface area (Å²) in [5, 5.41) is 2.08. The van der Waals surface area contributed by atoms with Crippen molar-refractivity contribution in [2.24, 2.45) is 5.73 Å². The second kappa shape index (κ2) is 3.42. The molecule has 0 saturated heterocycles. The van der Waals surface area contributed by atoms with Crippen LogP contribution in [0.5, 0.6) is 0 Å². The molecule has 2 N–H and O–H groups in total. The van der Waals surface area contributed by atoms with Gasteiger partial charge in [-0.1, -0.05) is 6.08 Å². The van der Waals surface area contributed by atoms with Crippen LogP contribution in [-0.2, 0) is 5.54 Å². The number of hydrogen-bond acceptors (Lipinski definition) is 2. The number of nitrogens with two attached hydrogens (primary N) is 1. The molecule has 0 fully saturated rings. The van der Waals surface area contributed by atoms with Crippen LogP contribution in [0.4, 0.5) is 0 Å². The Balaban J connectivity index is 2.96. The second-order valence-corrected chi connectivity index (χ2v) is 4.26. The first-order valence-electron chi connectivity index (χ1n) is 4.02. The van der Waals surface area contributed by atoms with E-state index in [2.05, 4.69) is 24.9 Å². The Labute approximate surface area is 77.9 Å². The van der Waals surface area contributed by atoms with Gasteiger partial charge in [0.25, 0.3) is 0 Å². The van der Waals surface area contributed by atoms with Crippen LogP contribution in [0.1, 0.15) is 23.8 Å². The lowest BCUT2D eigenvalue weighted by Gasteiger charge is -2.22. The van der Waals surface area contributed by atoms with Crippen LogP contribution in [0.3, 0.4) is 0 Å². The van der Waals surface area contributed by atoms with Crippen molar-refractivity contribution < 1.29 is 0 Å². The maximum atomic E-state index is 6.13. The summed E-state index contributed by atoms with van der Waals surface area (Å²) in [7, 11) is 0. The van der Waals surface area contributed by atoms with Crippen LogP contribution in [0.15, 0.2) is 24.1 Å². The summed E-state index contributed by atoms with van der Waals surface area (Å²) in [5.41, 5.74) is 7.18. The molecule has 0 saturated carbocycles. The van der Waals surface area contributed by atoms with Crippen LogP contribution in [0.2, 0.25) is 0 Å². The van der Waals surface area contributed by atoms with Gasteiger partial charge < -0.3 is 5.73 Å². The molecule has 0 spiro atoms. The van der Waals surface area contributed by atoms with Crippen molar-refractivity contribution in [3.8, 4) is 0 Å². The lowest BCUT2D eigenvalue weighted by molar-refractivity contribution is 0.511. The van der Waals surface area contributed by atoms with Crippen molar-refractivity contribution in [2.45, 2.75) is 25.8 Å². The molecular weight excluding hydrogens is 166 g/mol. The molecule has 0 unspecified atom stereocenters. The van der Waals surface area contributed by atoms with Crippen LogP contribution < -0.4 is 5.73 Å². The summed E-state index contributed by atoms with van der Waals surface area (Å²) >= 11 is 1.72. The minimum atomic E-state index is -0.236. The third-order valence-electron chi connectivity index (χ3n) is 1.95. The molecule has 1 rings (SSSR count). The Kier molecular flexibility index (Phi) is 2.70. The van der Waals surface area contributed by atoms with E-state index < -0.39 is 0 Å². The first-order chi connectivity index (χ1) is 5.58.